The first kappa shape index (κ1) is 20.4. The Kier molecular flexibility index (Phi) is 8.98. The fourth-order valence-electron chi connectivity index (χ4n) is 1.34. The first-order valence-corrected chi connectivity index (χ1v) is 6.87. The number of amides is 2. The molecular formula is C15H23N3O5. The highest BCUT2D eigenvalue weighted by Gasteiger charge is 2.15. The zero-order valence-electron chi connectivity index (χ0n) is 13.8. The van der Waals surface area contributed by atoms with Gasteiger partial charge in [-0.05, 0) is 38.8 Å². The molecule has 8 heteroatoms. The lowest BCUT2D eigenvalue weighted by atomic mass is 10.2. The molecule has 1 rings (SSSR count). The van der Waals surface area contributed by atoms with Crippen molar-refractivity contribution in [2.45, 2.75) is 32.8 Å². The number of primary amides is 1. The van der Waals surface area contributed by atoms with E-state index in [2.05, 4.69) is 15.0 Å². The molecule has 3 N–H and O–H groups in total. The number of rotatable bonds is 5. The second-order valence-corrected chi connectivity index (χ2v) is 5.43. The quantitative estimate of drug-likeness (QED) is 0.780. The Labute approximate surface area is 135 Å². The van der Waals surface area contributed by atoms with Crippen molar-refractivity contribution in [3.8, 4) is 0 Å². The number of nitrogens with one attached hydrogen (secondary N) is 1. The van der Waals surface area contributed by atoms with Gasteiger partial charge in [0.2, 0.25) is 0 Å². The van der Waals surface area contributed by atoms with Crippen LogP contribution in [0.5, 0.6) is 0 Å². The van der Waals surface area contributed by atoms with Gasteiger partial charge in [0, 0.05) is 12.7 Å². The molecular weight excluding hydrogens is 302 g/mol. The Morgan fingerprint density at radius 3 is 2.35 bits per heavy atom. The standard InChI is InChI=1S/C13H19N3O3.C2H4O2/c1-13(2,3)19-12(18)15-7-6-9-4-5-10(11(14)17)16-8-9;1-4-2-3/h4-5,8H,6-7H2,1-3H3,(H2,14,17)(H,15,18);2H,1H3. The molecule has 0 saturated carbocycles. The Bertz CT molecular complexity index is 509. The first-order chi connectivity index (χ1) is 10.7. The third kappa shape index (κ3) is 10.7. The average Bonchev–Trinajstić information content (AvgIpc) is 2.46. The molecule has 1 aromatic rings. The summed E-state index contributed by atoms with van der Waals surface area (Å²) < 4.78 is 8.96. The van der Waals surface area contributed by atoms with Crippen molar-refractivity contribution in [3.63, 3.8) is 0 Å². The van der Waals surface area contributed by atoms with Crippen LogP contribution >= 0.6 is 0 Å². The van der Waals surface area contributed by atoms with Crippen molar-refractivity contribution in [2.24, 2.45) is 5.73 Å². The molecule has 0 aliphatic carbocycles. The van der Waals surface area contributed by atoms with Gasteiger partial charge in [0.25, 0.3) is 12.4 Å². The second kappa shape index (κ2) is 10.1. The summed E-state index contributed by atoms with van der Waals surface area (Å²) in [5.74, 6) is -0.557. The zero-order chi connectivity index (χ0) is 17.9. The molecule has 1 heterocycles. The Balaban J connectivity index is 0.00000108. The van der Waals surface area contributed by atoms with E-state index in [4.69, 9.17) is 15.3 Å². The molecule has 0 bridgehead atoms. The van der Waals surface area contributed by atoms with E-state index < -0.39 is 17.6 Å². The van der Waals surface area contributed by atoms with E-state index >= 15 is 0 Å². The fraction of sp³-hybridized carbons (Fsp3) is 0.467. The highest BCUT2D eigenvalue weighted by Crippen LogP contribution is 2.06. The van der Waals surface area contributed by atoms with Crippen molar-refractivity contribution in [3.05, 3.63) is 29.6 Å². The smallest absolute Gasteiger partial charge is 0.407 e. The molecule has 1 aromatic heterocycles. The highest BCUT2D eigenvalue weighted by atomic mass is 16.6. The van der Waals surface area contributed by atoms with E-state index in [1.54, 1.807) is 39.1 Å². The van der Waals surface area contributed by atoms with Gasteiger partial charge in [-0.1, -0.05) is 6.07 Å². The van der Waals surface area contributed by atoms with Crippen LogP contribution in [-0.2, 0) is 20.7 Å². The van der Waals surface area contributed by atoms with Crippen LogP contribution in [0.15, 0.2) is 18.3 Å². The number of methoxy groups -OCH3 is 1. The molecule has 0 atom stereocenters. The molecule has 0 aliphatic rings. The van der Waals surface area contributed by atoms with Crippen LogP contribution in [0, 0.1) is 0 Å². The number of nitrogens with two attached hydrogens (primary N) is 1. The lowest BCUT2D eigenvalue weighted by Crippen LogP contribution is -2.33. The summed E-state index contributed by atoms with van der Waals surface area (Å²) in [5, 5.41) is 2.64. The first-order valence-electron chi connectivity index (χ1n) is 6.87. The molecule has 0 fully saturated rings. The monoisotopic (exact) mass is 325 g/mol. The molecule has 0 unspecified atom stereocenters. The summed E-state index contributed by atoms with van der Waals surface area (Å²) in [6, 6.07) is 3.31. The Morgan fingerprint density at radius 1 is 1.35 bits per heavy atom. The number of hydrogen-bond acceptors (Lipinski definition) is 6. The predicted molar refractivity (Wildman–Crippen MR) is 83.8 cm³/mol. The minimum atomic E-state index is -0.557. The van der Waals surface area contributed by atoms with Gasteiger partial charge in [0.1, 0.15) is 11.3 Å². The lowest BCUT2D eigenvalue weighted by Gasteiger charge is -2.19. The number of hydrogen-bond donors (Lipinski definition) is 2. The van der Waals surface area contributed by atoms with Gasteiger partial charge in [-0.2, -0.15) is 0 Å². The van der Waals surface area contributed by atoms with Gasteiger partial charge >= 0.3 is 6.09 Å². The SMILES string of the molecule is CC(C)(C)OC(=O)NCCc1ccc(C(N)=O)nc1.COC=O. The second-order valence-electron chi connectivity index (χ2n) is 5.43. The highest BCUT2D eigenvalue weighted by molar-refractivity contribution is 5.90. The maximum absolute atomic E-state index is 11.4. The van der Waals surface area contributed by atoms with E-state index in [1.807, 2.05) is 0 Å². The van der Waals surface area contributed by atoms with Crippen LogP contribution in [0.1, 0.15) is 36.8 Å². The number of carbonyl (C=O) groups is 3. The molecule has 2 amide bonds. The van der Waals surface area contributed by atoms with E-state index in [0.717, 1.165) is 5.56 Å². The average molecular weight is 325 g/mol. The van der Waals surface area contributed by atoms with Gasteiger partial charge in [0.15, 0.2) is 0 Å². The Hall–Kier alpha value is -2.64. The summed E-state index contributed by atoms with van der Waals surface area (Å²) >= 11 is 0. The number of pyridine rings is 1. The molecule has 0 radical (unpaired) electrons. The topological polar surface area (TPSA) is 121 Å². The molecule has 8 nitrogen and oxygen atoms in total. The molecule has 0 aromatic carbocycles. The van der Waals surface area contributed by atoms with Crippen LogP contribution in [0.2, 0.25) is 0 Å². The molecule has 128 valence electrons. The maximum Gasteiger partial charge on any atom is 0.407 e. The van der Waals surface area contributed by atoms with Crippen LogP contribution in [0.4, 0.5) is 4.79 Å². The number of aromatic nitrogens is 1. The third-order valence-corrected chi connectivity index (χ3v) is 2.26. The summed E-state index contributed by atoms with van der Waals surface area (Å²) in [6.07, 6.45) is 1.72. The van der Waals surface area contributed by atoms with Crippen molar-refractivity contribution in [1.29, 1.82) is 0 Å². The van der Waals surface area contributed by atoms with E-state index in [9.17, 15) is 9.59 Å². The fourth-order valence-corrected chi connectivity index (χ4v) is 1.34. The number of nitrogens with zero attached hydrogens (tertiary/aromatic N) is 1. The number of ether oxygens (including phenoxy) is 2. The third-order valence-electron chi connectivity index (χ3n) is 2.26. The number of carbonyl (C=O) groups excluding carboxylic acids is 3. The van der Waals surface area contributed by atoms with Gasteiger partial charge in [-0.25, -0.2) is 4.79 Å². The summed E-state index contributed by atoms with van der Waals surface area (Å²) in [6.45, 7) is 6.23. The largest absolute Gasteiger partial charge is 0.471 e. The molecule has 0 spiro atoms. The van der Waals surface area contributed by atoms with E-state index in [-0.39, 0.29) is 5.69 Å². The van der Waals surface area contributed by atoms with Crippen LogP contribution in [0.3, 0.4) is 0 Å². The van der Waals surface area contributed by atoms with Gasteiger partial charge < -0.3 is 20.5 Å². The minimum Gasteiger partial charge on any atom is -0.471 e. The van der Waals surface area contributed by atoms with Crippen molar-refractivity contribution >= 4 is 18.5 Å². The Morgan fingerprint density at radius 2 is 1.96 bits per heavy atom. The lowest BCUT2D eigenvalue weighted by molar-refractivity contribution is -0.126. The summed E-state index contributed by atoms with van der Waals surface area (Å²) in [7, 11) is 1.31. The maximum atomic E-state index is 11.4. The van der Waals surface area contributed by atoms with Crippen LogP contribution in [-0.4, -0.2) is 42.7 Å². The zero-order valence-corrected chi connectivity index (χ0v) is 13.8. The molecule has 0 aliphatic heterocycles. The van der Waals surface area contributed by atoms with Crippen molar-refractivity contribution < 1.29 is 23.9 Å². The summed E-state index contributed by atoms with van der Waals surface area (Å²) in [4.78, 5) is 35.1. The summed E-state index contributed by atoms with van der Waals surface area (Å²) in [5.41, 5.74) is 5.71. The normalized spacial score (nSPS) is 9.91. The molecule has 0 saturated heterocycles. The number of alkyl carbamates (subject to hydrolysis) is 1. The van der Waals surface area contributed by atoms with Crippen molar-refractivity contribution in [2.75, 3.05) is 13.7 Å². The van der Waals surface area contributed by atoms with Gasteiger partial charge in [-0.3, -0.25) is 14.6 Å². The predicted octanol–water partition coefficient (Wildman–Crippen LogP) is 1.04. The molecule has 23 heavy (non-hydrogen) atoms. The van der Waals surface area contributed by atoms with Crippen LogP contribution in [0.25, 0.3) is 0 Å². The van der Waals surface area contributed by atoms with E-state index in [1.165, 1.54) is 7.11 Å². The van der Waals surface area contributed by atoms with Crippen LogP contribution < -0.4 is 11.1 Å². The van der Waals surface area contributed by atoms with E-state index in [0.29, 0.717) is 19.4 Å². The van der Waals surface area contributed by atoms with Gasteiger partial charge in [0.05, 0.1) is 7.11 Å². The minimum absolute atomic E-state index is 0.226. The van der Waals surface area contributed by atoms with Gasteiger partial charge in [-0.15, -0.1) is 0 Å². The van der Waals surface area contributed by atoms with Crippen molar-refractivity contribution in [1.82, 2.24) is 10.3 Å².